The van der Waals surface area contributed by atoms with Crippen LogP contribution < -0.4 is 0 Å². The van der Waals surface area contributed by atoms with Gasteiger partial charge in [-0.25, -0.2) is 15.0 Å². The second-order valence-electron chi connectivity index (χ2n) is 11.7. The van der Waals surface area contributed by atoms with Gasteiger partial charge in [0.25, 0.3) is 0 Å². The first-order valence-corrected chi connectivity index (χ1v) is 16.8. The minimum atomic E-state index is -0.422. The van der Waals surface area contributed by atoms with Crippen LogP contribution in [0.2, 0.25) is 0 Å². The average molecular weight is 649 g/mol. The van der Waals surface area contributed by atoms with Crippen LogP contribution in [-0.4, -0.2) is 15.0 Å². The van der Waals surface area contributed by atoms with E-state index in [0.29, 0.717) is 23.0 Å². The van der Waals surface area contributed by atoms with Crippen molar-refractivity contribution >= 4 is 31.5 Å². The lowest BCUT2D eigenvalue weighted by molar-refractivity contribution is 1.08. The lowest BCUT2D eigenvalue weighted by Gasteiger charge is -2.11. The fourth-order valence-electron chi connectivity index (χ4n) is 6.27. The van der Waals surface area contributed by atoms with E-state index in [0.717, 1.165) is 59.1 Å². The molecule has 4 heteroatoms. The molecule has 0 aliphatic carbocycles. The summed E-state index contributed by atoms with van der Waals surface area (Å²) in [6.07, 6.45) is 0. The number of nitrogens with zero attached hydrogens (tertiary/aromatic N) is 3. The van der Waals surface area contributed by atoms with Gasteiger partial charge in [0, 0.05) is 42.4 Å². The molecule has 0 aliphatic rings. The molecule has 0 atom stereocenters. The second-order valence-corrected chi connectivity index (χ2v) is 12.7. The molecular weight excluding hydrogens is 615 g/mol. The minimum Gasteiger partial charge on any atom is -0.208 e. The summed E-state index contributed by atoms with van der Waals surface area (Å²) in [6.45, 7) is 0. The third kappa shape index (κ3) is 5.48. The van der Waals surface area contributed by atoms with Gasteiger partial charge in [0.15, 0.2) is 17.5 Å². The Bertz CT molecular complexity index is 2780. The first kappa shape index (κ1) is 24.0. The highest BCUT2D eigenvalue weighted by Gasteiger charge is 2.19. The molecule has 49 heavy (non-hydrogen) atoms. The van der Waals surface area contributed by atoms with Gasteiger partial charge in [0.05, 0.1) is 6.85 Å². The Morgan fingerprint density at radius 1 is 0.408 bits per heavy atom. The SMILES string of the molecule is [2H]c1c([2H])c([2H])c(-c2cc(-c3ccc(-c4ccccc4)cc3)cc3c2sc2cccc(-c4nc(-c5ccccc5)nc(-c5ccccc5)n4)c23)c([2H])c1[2H]. The molecule has 0 spiro atoms. The zero-order chi connectivity index (χ0) is 36.9. The summed E-state index contributed by atoms with van der Waals surface area (Å²) in [5.74, 6) is 1.61. The van der Waals surface area contributed by atoms with Crippen LogP contribution in [0.5, 0.6) is 0 Å². The summed E-state index contributed by atoms with van der Waals surface area (Å²) in [6, 6.07) is 46.6. The zero-order valence-electron chi connectivity index (χ0n) is 31.1. The largest absolute Gasteiger partial charge is 0.208 e. The molecule has 9 aromatic rings. The highest BCUT2D eigenvalue weighted by Crippen LogP contribution is 2.46. The van der Waals surface area contributed by atoms with Crippen molar-refractivity contribution in [1.29, 1.82) is 0 Å². The molecule has 0 aliphatic heterocycles. The van der Waals surface area contributed by atoms with Gasteiger partial charge < -0.3 is 0 Å². The Labute approximate surface area is 295 Å². The van der Waals surface area contributed by atoms with E-state index in [2.05, 4.69) is 42.5 Å². The summed E-state index contributed by atoms with van der Waals surface area (Å²) < 4.78 is 45.0. The number of hydrogen-bond acceptors (Lipinski definition) is 4. The van der Waals surface area contributed by atoms with Gasteiger partial charge in [-0.3, -0.25) is 0 Å². The van der Waals surface area contributed by atoms with Crippen molar-refractivity contribution in [3.8, 4) is 67.5 Å². The van der Waals surface area contributed by atoms with Crippen molar-refractivity contribution in [1.82, 2.24) is 15.0 Å². The quantitative estimate of drug-likeness (QED) is 0.180. The minimum absolute atomic E-state index is 0.166. The van der Waals surface area contributed by atoms with E-state index in [4.69, 9.17) is 21.8 Å². The van der Waals surface area contributed by atoms with Crippen molar-refractivity contribution in [2.24, 2.45) is 0 Å². The molecule has 0 saturated carbocycles. The summed E-state index contributed by atoms with van der Waals surface area (Å²) in [4.78, 5) is 15.0. The predicted molar refractivity (Wildman–Crippen MR) is 205 cm³/mol. The van der Waals surface area contributed by atoms with Crippen molar-refractivity contribution in [3.05, 3.63) is 176 Å². The monoisotopic (exact) mass is 648 g/mol. The standard InChI is InChI=1S/C45H29N3S/c1-5-14-30(15-6-1)31-24-26-32(27-25-31)36-28-38(33-16-7-2-8-17-33)42-39(29-36)41-37(22-13-23-40(41)49-42)45-47-43(34-18-9-3-10-19-34)46-44(48-45)35-20-11-4-12-21-35/h1-29H/i2D,7D,8D,16D,17D. The number of fused-ring (bicyclic) bond motifs is 3. The molecule has 7 aromatic carbocycles. The Hall–Kier alpha value is -6.23. The third-order valence-corrected chi connectivity index (χ3v) is 9.84. The maximum atomic E-state index is 8.97. The predicted octanol–water partition coefficient (Wildman–Crippen LogP) is 12.2. The fourth-order valence-corrected chi connectivity index (χ4v) is 7.50. The van der Waals surface area contributed by atoms with E-state index < -0.39 is 6.04 Å². The van der Waals surface area contributed by atoms with Crippen molar-refractivity contribution < 1.29 is 6.85 Å². The topological polar surface area (TPSA) is 38.7 Å². The smallest absolute Gasteiger partial charge is 0.164 e. The van der Waals surface area contributed by atoms with Gasteiger partial charge in [-0.1, -0.05) is 158 Å². The van der Waals surface area contributed by atoms with Crippen LogP contribution in [0.1, 0.15) is 6.85 Å². The second kappa shape index (κ2) is 12.4. The van der Waals surface area contributed by atoms with E-state index in [1.807, 2.05) is 103 Å². The summed E-state index contributed by atoms with van der Waals surface area (Å²) in [7, 11) is 0. The Kier molecular flexibility index (Phi) is 6.08. The molecule has 0 radical (unpaired) electrons. The van der Waals surface area contributed by atoms with Crippen LogP contribution in [0.4, 0.5) is 0 Å². The van der Waals surface area contributed by atoms with E-state index >= 15 is 0 Å². The lowest BCUT2D eigenvalue weighted by atomic mass is 9.94. The molecular formula is C45H29N3S. The van der Waals surface area contributed by atoms with Gasteiger partial charge >= 0.3 is 0 Å². The molecule has 0 bridgehead atoms. The molecule has 0 amide bonds. The lowest BCUT2D eigenvalue weighted by Crippen LogP contribution is -2.00. The van der Waals surface area contributed by atoms with Crippen LogP contribution in [-0.2, 0) is 0 Å². The normalized spacial score (nSPS) is 12.7. The molecule has 2 aromatic heterocycles. The highest BCUT2D eigenvalue weighted by molar-refractivity contribution is 7.26. The average Bonchev–Trinajstić information content (AvgIpc) is 3.62. The summed E-state index contributed by atoms with van der Waals surface area (Å²) >= 11 is 1.52. The number of hydrogen-bond donors (Lipinski definition) is 0. The zero-order valence-corrected chi connectivity index (χ0v) is 26.9. The van der Waals surface area contributed by atoms with Gasteiger partial charge in [-0.05, 0) is 46.0 Å². The Morgan fingerprint density at radius 3 is 1.55 bits per heavy atom. The Balaban J connectivity index is 1.33. The maximum Gasteiger partial charge on any atom is 0.164 e. The highest BCUT2D eigenvalue weighted by atomic mass is 32.1. The number of benzene rings is 7. The molecule has 0 unspecified atom stereocenters. The van der Waals surface area contributed by atoms with Crippen LogP contribution in [0.3, 0.4) is 0 Å². The van der Waals surface area contributed by atoms with Gasteiger partial charge in [0.2, 0.25) is 0 Å². The fraction of sp³-hybridized carbons (Fsp3) is 0. The van der Waals surface area contributed by atoms with Crippen LogP contribution in [0, 0.1) is 0 Å². The number of aromatic nitrogens is 3. The number of rotatable bonds is 6. The van der Waals surface area contributed by atoms with Crippen LogP contribution >= 0.6 is 11.3 Å². The molecule has 0 saturated heterocycles. The van der Waals surface area contributed by atoms with Crippen molar-refractivity contribution in [2.75, 3.05) is 0 Å². The maximum absolute atomic E-state index is 8.97. The van der Waals surface area contributed by atoms with Gasteiger partial charge in [0.1, 0.15) is 0 Å². The first-order valence-electron chi connectivity index (χ1n) is 18.5. The molecule has 0 N–H and O–H groups in total. The van der Waals surface area contributed by atoms with E-state index in [9.17, 15) is 0 Å². The molecule has 9 rings (SSSR count). The van der Waals surface area contributed by atoms with Crippen LogP contribution in [0.15, 0.2) is 176 Å². The molecule has 0 fully saturated rings. The molecule has 3 nitrogen and oxygen atoms in total. The summed E-state index contributed by atoms with van der Waals surface area (Å²) in [5.41, 5.74) is 7.24. The van der Waals surface area contributed by atoms with Gasteiger partial charge in [-0.2, -0.15) is 0 Å². The van der Waals surface area contributed by atoms with Crippen molar-refractivity contribution in [2.45, 2.75) is 0 Å². The van der Waals surface area contributed by atoms with E-state index in [-0.39, 0.29) is 29.7 Å². The van der Waals surface area contributed by atoms with Crippen LogP contribution in [0.25, 0.3) is 87.7 Å². The number of thiophene rings is 1. The van der Waals surface area contributed by atoms with Gasteiger partial charge in [-0.15, -0.1) is 11.3 Å². The Morgan fingerprint density at radius 2 is 0.939 bits per heavy atom. The van der Waals surface area contributed by atoms with E-state index in [1.165, 1.54) is 11.3 Å². The summed E-state index contributed by atoms with van der Waals surface area (Å²) in [5, 5.41) is 1.79. The first-order chi connectivity index (χ1) is 26.4. The van der Waals surface area contributed by atoms with Crippen molar-refractivity contribution in [3.63, 3.8) is 0 Å². The molecule has 230 valence electrons. The van der Waals surface area contributed by atoms with E-state index in [1.54, 1.807) is 0 Å². The third-order valence-electron chi connectivity index (χ3n) is 8.63. The molecule has 2 heterocycles.